The Bertz CT molecular complexity index is 638. The molecule has 0 aliphatic heterocycles. The largest absolute Gasteiger partial charge is 0.494 e. The van der Waals surface area contributed by atoms with Crippen LogP contribution in [-0.4, -0.2) is 43.1 Å². The van der Waals surface area contributed by atoms with Crippen LogP contribution in [0.1, 0.15) is 44.0 Å². The lowest BCUT2D eigenvalue weighted by Crippen LogP contribution is -2.46. The van der Waals surface area contributed by atoms with E-state index in [-0.39, 0.29) is 30.4 Å². The average Bonchev–Trinajstić information content (AvgIpc) is 3.42. The molecular weight excluding hydrogens is 336 g/mol. The van der Waals surface area contributed by atoms with Crippen LogP contribution in [0.4, 0.5) is 0 Å². The Labute approximate surface area is 153 Å². The molecule has 7 heteroatoms. The summed E-state index contributed by atoms with van der Waals surface area (Å²) in [7, 11) is 0. The molecule has 2 amide bonds. The van der Waals surface area contributed by atoms with Gasteiger partial charge < -0.3 is 20.1 Å². The third kappa shape index (κ3) is 6.06. The van der Waals surface area contributed by atoms with Crippen molar-refractivity contribution in [1.82, 2.24) is 10.6 Å². The Morgan fingerprint density at radius 1 is 1.15 bits per heavy atom. The molecule has 1 atom stereocenters. The quantitative estimate of drug-likeness (QED) is 0.652. The number of esters is 1. The zero-order chi connectivity index (χ0) is 19.1. The van der Waals surface area contributed by atoms with Gasteiger partial charge >= 0.3 is 5.97 Å². The molecule has 0 heterocycles. The van der Waals surface area contributed by atoms with Gasteiger partial charge in [-0.2, -0.15) is 0 Å². The van der Waals surface area contributed by atoms with E-state index in [1.54, 1.807) is 38.1 Å². The summed E-state index contributed by atoms with van der Waals surface area (Å²) < 4.78 is 10.4. The molecule has 0 aromatic heterocycles. The minimum atomic E-state index is -0.831. The number of hydrogen-bond donors (Lipinski definition) is 2. The molecular formula is C19H26N2O5. The van der Waals surface area contributed by atoms with E-state index in [2.05, 4.69) is 10.6 Å². The smallest absolute Gasteiger partial charge is 0.329 e. The fourth-order valence-electron chi connectivity index (χ4n) is 2.31. The highest BCUT2D eigenvalue weighted by Crippen LogP contribution is 2.18. The summed E-state index contributed by atoms with van der Waals surface area (Å²) in [4.78, 5) is 36.3. The van der Waals surface area contributed by atoms with E-state index in [0.717, 1.165) is 12.8 Å². The Kier molecular flexibility index (Phi) is 7.00. The van der Waals surface area contributed by atoms with Gasteiger partial charge in [-0.25, -0.2) is 4.79 Å². The molecule has 1 saturated carbocycles. The van der Waals surface area contributed by atoms with Crippen molar-refractivity contribution >= 4 is 17.8 Å². The predicted octanol–water partition coefficient (Wildman–Crippen LogP) is 1.66. The topological polar surface area (TPSA) is 93.7 Å². The van der Waals surface area contributed by atoms with Crippen molar-refractivity contribution in [3.05, 3.63) is 29.8 Å². The monoisotopic (exact) mass is 362 g/mol. The molecule has 1 unspecified atom stereocenters. The predicted molar refractivity (Wildman–Crippen MR) is 95.8 cm³/mol. The number of benzene rings is 1. The van der Waals surface area contributed by atoms with Gasteiger partial charge in [0.1, 0.15) is 11.8 Å². The molecule has 2 rings (SSSR count). The van der Waals surface area contributed by atoms with E-state index in [1.165, 1.54) is 0 Å². The maximum atomic E-state index is 12.4. The van der Waals surface area contributed by atoms with E-state index in [9.17, 15) is 14.4 Å². The van der Waals surface area contributed by atoms with E-state index in [0.29, 0.717) is 17.9 Å². The maximum Gasteiger partial charge on any atom is 0.329 e. The Balaban J connectivity index is 1.89. The SMILES string of the molecule is CCOc1ccc(C(=O)NC(C(=O)OCC(=O)NC2CC2)C(C)C)cc1. The Morgan fingerprint density at radius 2 is 1.81 bits per heavy atom. The summed E-state index contributed by atoms with van der Waals surface area (Å²) in [6.45, 7) is 5.69. The van der Waals surface area contributed by atoms with Gasteiger partial charge in [0.05, 0.1) is 6.61 Å². The van der Waals surface area contributed by atoms with Crippen LogP contribution in [0, 0.1) is 5.92 Å². The van der Waals surface area contributed by atoms with Gasteiger partial charge in [0.25, 0.3) is 11.8 Å². The van der Waals surface area contributed by atoms with Crippen LogP contribution >= 0.6 is 0 Å². The third-order valence-electron chi connectivity index (χ3n) is 3.92. The second-order valence-electron chi connectivity index (χ2n) is 6.60. The first kappa shape index (κ1) is 19.8. The highest BCUT2D eigenvalue weighted by Gasteiger charge is 2.28. The summed E-state index contributed by atoms with van der Waals surface area (Å²) in [5.74, 6) is -0.830. The molecule has 0 radical (unpaired) electrons. The van der Waals surface area contributed by atoms with Crippen LogP contribution in [0.25, 0.3) is 0 Å². The Hall–Kier alpha value is -2.57. The van der Waals surface area contributed by atoms with Gasteiger partial charge in [-0.05, 0) is 49.9 Å². The second kappa shape index (κ2) is 9.22. The third-order valence-corrected chi connectivity index (χ3v) is 3.92. The van der Waals surface area contributed by atoms with Crippen molar-refractivity contribution < 1.29 is 23.9 Å². The fraction of sp³-hybridized carbons (Fsp3) is 0.526. The minimum Gasteiger partial charge on any atom is -0.494 e. The number of carbonyl (C=O) groups excluding carboxylic acids is 3. The molecule has 0 saturated heterocycles. The first-order chi connectivity index (χ1) is 12.4. The zero-order valence-electron chi connectivity index (χ0n) is 15.4. The number of amides is 2. The number of hydrogen-bond acceptors (Lipinski definition) is 5. The van der Waals surface area contributed by atoms with Crippen molar-refractivity contribution in [3.8, 4) is 5.75 Å². The number of nitrogens with one attached hydrogen (secondary N) is 2. The number of ether oxygens (including phenoxy) is 2. The second-order valence-corrected chi connectivity index (χ2v) is 6.60. The molecule has 1 aliphatic rings. The summed E-state index contributed by atoms with van der Waals surface area (Å²) in [6.07, 6.45) is 1.93. The highest BCUT2D eigenvalue weighted by molar-refractivity contribution is 5.97. The molecule has 1 aliphatic carbocycles. The molecule has 0 spiro atoms. The summed E-state index contributed by atoms with van der Waals surface area (Å²) >= 11 is 0. The van der Waals surface area contributed by atoms with Gasteiger partial charge in [-0.1, -0.05) is 13.8 Å². The van der Waals surface area contributed by atoms with E-state index in [4.69, 9.17) is 9.47 Å². The van der Waals surface area contributed by atoms with E-state index >= 15 is 0 Å². The molecule has 26 heavy (non-hydrogen) atoms. The van der Waals surface area contributed by atoms with Crippen LogP contribution in [0.3, 0.4) is 0 Å². The van der Waals surface area contributed by atoms with Crippen molar-refractivity contribution in [3.63, 3.8) is 0 Å². The minimum absolute atomic E-state index is 0.180. The summed E-state index contributed by atoms with van der Waals surface area (Å²) in [5, 5.41) is 5.42. The van der Waals surface area contributed by atoms with E-state index in [1.807, 2.05) is 6.92 Å². The number of rotatable bonds is 9. The van der Waals surface area contributed by atoms with Gasteiger partial charge in [-0.15, -0.1) is 0 Å². The van der Waals surface area contributed by atoms with Crippen LogP contribution < -0.4 is 15.4 Å². The lowest BCUT2D eigenvalue weighted by Gasteiger charge is -2.21. The van der Waals surface area contributed by atoms with Crippen molar-refractivity contribution in [2.24, 2.45) is 5.92 Å². The normalized spacial score (nSPS) is 14.5. The van der Waals surface area contributed by atoms with Crippen molar-refractivity contribution in [2.75, 3.05) is 13.2 Å². The van der Waals surface area contributed by atoms with Crippen molar-refractivity contribution in [1.29, 1.82) is 0 Å². The molecule has 7 nitrogen and oxygen atoms in total. The lowest BCUT2D eigenvalue weighted by atomic mass is 10.0. The first-order valence-electron chi connectivity index (χ1n) is 8.90. The molecule has 2 N–H and O–H groups in total. The van der Waals surface area contributed by atoms with Gasteiger partial charge in [0.15, 0.2) is 6.61 Å². The van der Waals surface area contributed by atoms with E-state index < -0.39 is 12.0 Å². The summed E-state index contributed by atoms with van der Waals surface area (Å²) in [6, 6.07) is 6.04. The molecule has 1 aromatic carbocycles. The van der Waals surface area contributed by atoms with Gasteiger partial charge in [-0.3, -0.25) is 9.59 Å². The summed E-state index contributed by atoms with van der Waals surface area (Å²) in [5.41, 5.74) is 0.415. The lowest BCUT2D eigenvalue weighted by molar-refractivity contribution is -0.151. The fourth-order valence-corrected chi connectivity index (χ4v) is 2.31. The van der Waals surface area contributed by atoms with Crippen molar-refractivity contribution in [2.45, 2.75) is 45.7 Å². The first-order valence-corrected chi connectivity index (χ1v) is 8.90. The standard InChI is InChI=1S/C19H26N2O5/c1-4-25-15-9-5-13(6-10-15)18(23)21-17(12(2)3)19(24)26-11-16(22)20-14-7-8-14/h5-6,9-10,12,14,17H,4,7-8,11H2,1-3H3,(H,20,22)(H,21,23). The zero-order valence-corrected chi connectivity index (χ0v) is 15.4. The Morgan fingerprint density at radius 3 is 2.35 bits per heavy atom. The number of carbonyl (C=O) groups is 3. The maximum absolute atomic E-state index is 12.4. The molecule has 1 fully saturated rings. The highest BCUT2D eigenvalue weighted by atomic mass is 16.5. The van der Waals surface area contributed by atoms with Crippen LogP contribution in [0.15, 0.2) is 24.3 Å². The van der Waals surface area contributed by atoms with Crippen LogP contribution in [-0.2, 0) is 14.3 Å². The van der Waals surface area contributed by atoms with Gasteiger partial charge in [0, 0.05) is 11.6 Å². The molecule has 0 bridgehead atoms. The van der Waals surface area contributed by atoms with Gasteiger partial charge in [0.2, 0.25) is 0 Å². The molecule has 1 aromatic rings. The van der Waals surface area contributed by atoms with Crippen LogP contribution in [0.5, 0.6) is 5.75 Å². The average molecular weight is 362 g/mol. The van der Waals surface area contributed by atoms with Crippen LogP contribution in [0.2, 0.25) is 0 Å². The molecule has 142 valence electrons.